The van der Waals surface area contributed by atoms with Crippen LogP contribution in [0.1, 0.15) is 32.0 Å². The maximum atomic E-state index is 12.1. The summed E-state index contributed by atoms with van der Waals surface area (Å²) in [7, 11) is 1.84. The molecule has 1 aromatic rings. The van der Waals surface area contributed by atoms with Gasteiger partial charge in [0.2, 0.25) is 5.91 Å². The molecule has 2 N–H and O–H groups in total. The van der Waals surface area contributed by atoms with Crippen LogP contribution < -0.4 is 10.6 Å². The monoisotopic (exact) mass is 251 g/mol. The Hall–Kier alpha value is -1.43. The lowest BCUT2D eigenvalue weighted by Gasteiger charge is -2.33. The van der Waals surface area contributed by atoms with Gasteiger partial charge in [-0.05, 0) is 32.7 Å². The molecular weight excluding hydrogens is 230 g/mol. The number of aryl methyl sites for hydroxylation is 1. The summed E-state index contributed by atoms with van der Waals surface area (Å²) in [5.41, 5.74) is -0.407. The van der Waals surface area contributed by atoms with Crippen LogP contribution in [0.5, 0.6) is 0 Å². The largest absolute Gasteiger partial charge is 0.354 e. The van der Waals surface area contributed by atoms with Crippen LogP contribution in [0.4, 0.5) is 0 Å². The summed E-state index contributed by atoms with van der Waals surface area (Å²) in [6.07, 6.45) is 5.50. The van der Waals surface area contributed by atoms with Gasteiger partial charge >= 0.3 is 0 Å². The summed E-state index contributed by atoms with van der Waals surface area (Å²) >= 11 is 0. The molecule has 0 aliphatic carbocycles. The molecule has 0 saturated carbocycles. The van der Waals surface area contributed by atoms with Crippen LogP contribution in [0.2, 0.25) is 0 Å². The molecule has 1 aromatic heterocycles. The van der Waals surface area contributed by atoms with Gasteiger partial charge in [0.05, 0.1) is 5.54 Å². The van der Waals surface area contributed by atoms with Crippen molar-refractivity contribution >= 4 is 5.91 Å². The lowest BCUT2D eigenvalue weighted by molar-refractivity contribution is -0.127. The first kappa shape index (κ1) is 13.0. The molecule has 6 nitrogen and oxygen atoms in total. The third-order valence-corrected chi connectivity index (χ3v) is 3.40. The summed E-state index contributed by atoms with van der Waals surface area (Å²) in [5.74, 6) is 0.845. The predicted molar refractivity (Wildman–Crippen MR) is 68.0 cm³/mol. The number of nitrogens with zero attached hydrogens (tertiary/aromatic N) is 3. The normalized spacial score (nSPS) is 23.9. The van der Waals surface area contributed by atoms with Gasteiger partial charge in [0.1, 0.15) is 6.33 Å². The van der Waals surface area contributed by atoms with Crippen LogP contribution in [-0.2, 0) is 18.3 Å². The number of nitrogens with one attached hydrogen (secondary N) is 2. The highest BCUT2D eigenvalue weighted by atomic mass is 16.2. The fourth-order valence-electron chi connectivity index (χ4n) is 2.23. The third kappa shape index (κ3) is 3.07. The average Bonchev–Trinajstić information content (AvgIpc) is 2.76. The number of hydrogen-bond donors (Lipinski definition) is 2. The third-order valence-electron chi connectivity index (χ3n) is 3.40. The molecule has 1 unspecified atom stereocenters. The van der Waals surface area contributed by atoms with Crippen molar-refractivity contribution in [1.29, 1.82) is 0 Å². The van der Waals surface area contributed by atoms with Gasteiger partial charge in [0.15, 0.2) is 5.82 Å². The smallest absolute Gasteiger partial charge is 0.240 e. The van der Waals surface area contributed by atoms with E-state index < -0.39 is 5.54 Å². The Morgan fingerprint density at radius 2 is 2.44 bits per heavy atom. The average molecular weight is 251 g/mol. The van der Waals surface area contributed by atoms with E-state index in [1.54, 1.807) is 11.0 Å². The number of aromatic nitrogens is 3. The lowest BCUT2D eigenvalue weighted by atomic mass is 9.90. The summed E-state index contributed by atoms with van der Waals surface area (Å²) < 4.78 is 1.67. The van der Waals surface area contributed by atoms with Crippen LogP contribution >= 0.6 is 0 Å². The highest BCUT2D eigenvalue weighted by Gasteiger charge is 2.33. The van der Waals surface area contributed by atoms with Gasteiger partial charge in [-0.3, -0.25) is 9.48 Å². The van der Waals surface area contributed by atoms with Crippen molar-refractivity contribution in [3.05, 3.63) is 12.2 Å². The van der Waals surface area contributed by atoms with Crippen molar-refractivity contribution in [2.45, 2.75) is 38.1 Å². The fourth-order valence-corrected chi connectivity index (χ4v) is 2.23. The van der Waals surface area contributed by atoms with E-state index in [2.05, 4.69) is 20.7 Å². The molecule has 2 heterocycles. The van der Waals surface area contributed by atoms with Crippen molar-refractivity contribution in [3.63, 3.8) is 0 Å². The molecule has 6 heteroatoms. The zero-order valence-corrected chi connectivity index (χ0v) is 11.1. The second kappa shape index (κ2) is 5.48. The van der Waals surface area contributed by atoms with Crippen molar-refractivity contribution in [2.24, 2.45) is 7.05 Å². The first-order chi connectivity index (χ1) is 8.60. The van der Waals surface area contributed by atoms with Crippen LogP contribution in [-0.4, -0.2) is 39.3 Å². The molecule has 0 aromatic carbocycles. The predicted octanol–water partition coefficient (Wildman–Crippen LogP) is 0.00600. The summed E-state index contributed by atoms with van der Waals surface area (Å²) in [5, 5.41) is 10.4. The minimum Gasteiger partial charge on any atom is -0.354 e. The Bertz CT molecular complexity index is 408. The lowest BCUT2D eigenvalue weighted by Crippen LogP contribution is -2.57. The first-order valence-electron chi connectivity index (χ1n) is 6.48. The van der Waals surface area contributed by atoms with E-state index in [1.807, 2.05) is 14.0 Å². The number of hydrogen-bond acceptors (Lipinski definition) is 4. The van der Waals surface area contributed by atoms with Crippen LogP contribution in [0.15, 0.2) is 6.33 Å². The molecule has 1 aliphatic rings. The topological polar surface area (TPSA) is 71.8 Å². The van der Waals surface area contributed by atoms with E-state index in [1.165, 1.54) is 0 Å². The van der Waals surface area contributed by atoms with Gasteiger partial charge in [-0.15, -0.1) is 0 Å². The van der Waals surface area contributed by atoms with E-state index in [-0.39, 0.29) is 5.91 Å². The number of carbonyl (C=O) groups is 1. The summed E-state index contributed by atoms with van der Waals surface area (Å²) in [6, 6.07) is 0. The van der Waals surface area contributed by atoms with Gasteiger partial charge < -0.3 is 10.6 Å². The maximum absolute atomic E-state index is 12.1. The Morgan fingerprint density at radius 1 is 1.61 bits per heavy atom. The van der Waals surface area contributed by atoms with Crippen molar-refractivity contribution in [1.82, 2.24) is 25.4 Å². The van der Waals surface area contributed by atoms with Crippen LogP contribution in [0.3, 0.4) is 0 Å². The highest BCUT2D eigenvalue weighted by molar-refractivity contribution is 5.85. The maximum Gasteiger partial charge on any atom is 0.240 e. The van der Waals surface area contributed by atoms with Gasteiger partial charge in [0, 0.05) is 20.0 Å². The summed E-state index contributed by atoms with van der Waals surface area (Å²) in [6.45, 7) is 3.48. The van der Waals surface area contributed by atoms with Gasteiger partial charge in [-0.2, -0.15) is 5.10 Å². The molecular formula is C12H21N5O. The summed E-state index contributed by atoms with van der Waals surface area (Å²) in [4.78, 5) is 16.2. The zero-order valence-electron chi connectivity index (χ0n) is 11.1. The molecule has 100 valence electrons. The van der Waals surface area contributed by atoms with E-state index in [9.17, 15) is 4.79 Å². The molecule has 1 atom stereocenters. The van der Waals surface area contributed by atoms with Crippen molar-refractivity contribution in [2.75, 3.05) is 13.1 Å². The van der Waals surface area contributed by atoms with Gasteiger partial charge in [-0.25, -0.2) is 4.98 Å². The highest BCUT2D eigenvalue weighted by Crippen LogP contribution is 2.18. The number of carbonyl (C=O) groups excluding carboxylic acids is 1. The second-order valence-corrected chi connectivity index (χ2v) is 5.06. The molecule has 18 heavy (non-hydrogen) atoms. The Labute approximate surface area is 107 Å². The van der Waals surface area contributed by atoms with Crippen molar-refractivity contribution in [3.8, 4) is 0 Å². The minimum absolute atomic E-state index is 0.0816. The molecule has 0 radical (unpaired) electrons. The van der Waals surface area contributed by atoms with Crippen molar-refractivity contribution < 1.29 is 4.79 Å². The number of amides is 1. The minimum atomic E-state index is -0.407. The van der Waals surface area contributed by atoms with E-state index in [4.69, 9.17) is 0 Å². The SMILES string of the molecule is Cn1cnc(CCNC(=O)C2(C)CCCCN2)n1. The molecule has 0 bridgehead atoms. The van der Waals surface area contributed by atoms with Gasteiger partial charge in [-0.1, -0.05) is 0 Å². The van der Waals surface area contributed by atoms with E-state index in [0.717, 1.165) is 31.6 Å². The molecule has 2 rings (SSSR count). The van der Waals surface area contributed by atoms with Crippen LogP contribution in [0.25, 0.3) is 0 Å². The van der Waals surface area contributed by atoms with Gasteiger partial charge in [0.25, 0.3) is 0 Å². The first-order valence-corrected chi connectivity index (χ1v) is 6.48. The molecule has 0 spiro atoms. The molecule has 1 amide bonds. The molecule has 1 fully saturated rings. The Kier molecular flexibility index (Phi) is 3.96. The Morgan fingerprint density at radius 3 is 3.06 bits per heavy atom. The quantitative estimate of drug-likeness (QED) is 0.790. The molecule has 1 saturated heterocycles. The zero-order chi connectivity index (χ0) is 13.0. The van der Waals surface area contributed by atoms with E-state index >= 15 is 0 Å². The second-order valence-electron chi connectivity index (χ2n) is 5.06. The van der Waals surface area contributed by atoms with E-state index in [0.29, 0.717) is 13.0 Å². The van der Waals surface area contributed by atoms with Crippen LogP contribution in [0, 0.1) is 0 Å². The Balaban J connectivity index is 1.77. The fraction of sp³-hybridized carbons (Fsp3) is 0.750. The standard InChI is InChI=1S/C12H21N5O/c1-12(6-3-4-7-15-12)11(18)13-8-5-10-14-9-17(2)16-10/h9,15H,3-8H2,1-2H3,(H,13,18). The number of rotatable bonds is 4. The number of piperidine rings is 1. The molecule has 1 aliphatic heterocycles.